The van der Waals surface area contributed by atoms with Crippen LogP contribution in [0, 0.1) is 6.92 Å². The molecular formula is C12H19NO2S2. The van der Waals surface area contributed by atoms with Crippen molar-refractivity contribution in [3.63, 3.8) is 0 Å². The van der Waals surface area contributed by atoms with E-state index in [0.717, 1.165) is 24.2 Å². The fourth-order valence-corrected chi connectivity index (χ4v) is 3.75. The van der Waals surface area contributed by atoms with E-state index >= 15 is 0 Å². The minimum Gasteiger partial charge on any atom is -0.206 e. The van der Waals surface area contributed by atoms with Gasteiger partial charge in [-0.1, -0.05) is 43.0 Å². The van der Waals surface area contributed by atoms with Crippen molar-refractivity contribution in [3.8, 4) is 0 Å². The minimum absolute atomic E-state index is 0.356. The SMILES string of the molecule is CCCCSN(C)S(=O)(=O)c1ccc(C)cc1. The maximum absolute atomic E-state index is 12.1. The Morgan fingerprint density at radius 1 is 1.24 bits per heavy atom. The first-order valence-corrected chi connectivity index (χ1v) is 8.05. The Balaban J connectivity index is 2.76. The largest absolute Gasteiger partial charge is 0.252 e. The molecule has 0 amide bonds. The van der Waals surface area contributed by atoms with Gasteiger partial charge >= 0.3 is 0 Å². The predicted molar refractivity (Wildman–Crippen MR) is 73.5 cm³/mol. The predicted octanol–water partition coefficient (Wildman–Crippen LogP) is 3.06. The van der Waals surface area contributed by atoms with Gasteiger partial charge in [-0.2, -0.15) is 0 Å². The third kappa shape index (κ3) is 4.01. The molecule has 96 valence electrons. The topological polar surface area (TPSA) is 37.4 Å². The molecule has 0 aromatic heterocycles. The molecule has 0 unspecified atom stereocenters. The molecule has 0 fully saturated rings. The second-order valence-corrected chi connectivity index (χ2v) is 7.33. The molecule has 0 radical (unpaired) electrons. The molecule has 0 heterocycles. The third-order valence-corrected chi connectivity index (χ3v) is 5.71. The number of unbranched alkanes of at least 4 members (excludes halogenated alkanes) is 1. The second kappa shape index (κ2) is 6.42. The van der Waals surface area contributed by atoms with Crippen LogP contribution in [0.4, 0.5) is 0 Å². The molecule has 1 aromatic carbocycles. The highest BCUT2D eigenvalue weighted by molar-refractivity contribution is 8.08. The average molecular weight is 273 g/mol. The summed E-state index contributed by atoms with van der Waals surface area (Å²) in [6, 6.07) is 6.94. The van der Waals surface area contributed by atoms with E-state index in [9.17, 15) is 8.42 Å². The summed E-state index contributed by atoms with van der Waals surface area (Å²) in [5, 5.41) is 0. The second-order valence-electron chi connectivity index (χ2n) is 3.91. The molecule has 0 spiro atoms. The van der Waals surface area contributed by atoms with Crippen molar-refractivity contribution < 1.29 is 8.42 Å². The Kier molecular flexibility index (Phi) is 5.49. The first-order valence-electron chi connectivity index (χ1n) is 5.67. The molecule has 1 rings (SSSR count). The summed E-state index contributed by atoms with van der Waals surface area (Å²) in [6.07, 6.45) is 2.10. The molecule has 0 aliphatic rings. The summed E-state index contributed by atoms with van der Waals surface area (Å²) in [5.74, 6) is 0.831. The number of sulfonamides is 1. The van der Waals surface area contributed by atoms with E-state index in [-0.39, 0.29) is 0 Å². The van der Waals surface area contributed by atoms with E-state index < -0.39 is 10.0 Å². The lowest BCUT2D eigenvalue weighted by molar-refractivity contribution is 0.564. The number of rotatable bonds is 6. The van der Waals surface area contributed by atoms with Crippen molar-refractivity contribution in [2.24, 2.45) is 0 Å². The van der Waals surface area contributed by atoms with E-state index in [1.54, 1.807) is 19.2 Å². The normalized spacial score (nSPS) is 12.0. The summed E-state index contributed by atoms with van der Waals surface area (Å²) >= 11 is 1.35. The summed E-state index contributed by atoms with van der Waals surface area (Å²) in [6.45, 7) is 4.03. The molecule has 0 bridgehead atoms. The number of nitrogens with zero attached hydrogens (tertiary/aromatic N) is 1. The quantitative estimate of drug-likeness (QED) is 0.590. The van der Waals surface area contributed by atoms with Crippen LogP contribution in [-0.4, -0.2) is 24.9 Å². The van der Waals surface area contributed by atoms with Crippen LogP contribution in [0.15, 0.2) is 29.2 Å². The van der Waals surface area contributed by atoms with Crippen LogP contribution in [0.1, 0.15) is 25.3 Å². The first kappa shape index (κ1) is 14.5. The first-order chi connectivity index (χ1) is 7.98. The van der Waals surface area contributed by atoms with Gasteiger partial charge in [-0.05, 0) is 25.5 Å². The van der Waals surface area contributed by atoms with Gasteiger partial charge in [-0.15, -0.1) is 3.71 Å². The minimum atomic E-state index is -3.34. The standard InChI is InChI=1S/C12H19NO2S2/c1-4-5-10-16-13(3)17(14,15)12-8-6-11(2)7-9-12/h6-9H,4-5,10H2,1-3H3. The fraction of sp³-hybridized carbons (Fsp3) is 0.500. The van der Waals surface area contributed by atoms with Gasteiger partial charge in [0.1, 0.15) is 0 Å². The maximum Gasteiger partial charge on any atom is 0.252 e. The van der Waals surface area contributed by atoms with E-state index in [2.05, 4.69) is 6.92 Å². The monoisotopic (exact) mass is 273 g/mol. The average Bonchev–Trinajstić information content (AvgIpc) is 2.29. The Labute approximate surface area is 108 Å². The van der Waals surface area contributed by atoms with Gasteiger partial charge in [-0.25, -0.2) is 8.42 Å². The molecule has 5 heteroatoms. The highest BCUT2D eigenvalue weighted by Crippen LogP contribution is 2.21. The summed E-state index contributed by atoms with van der Waals surface area (Å²) in [7, 11) is -1.73. The molecule has 0 aliphatic carbocycles. The molecule has 0 atom stereocenters. The Morgan fingerprint density at radius 3 is 2.35 bits per heavy atom. The van der Waals surface area contributed by atoms with Gasteiger partial charge in [0.05, 0.1) is 4.90 Å². The molecule has 0 N–H and O–H groups in total. The number of hydrogen-bond donors (Lipinski definition) is 0. The van der Waals surface area contributed by atoms with Crippen molar-refractivity contribution in [1.82, 2.24) is 3.71 Å². The van der Waals surface area contributed by atoms with Crippen molar-refractivity contribution in [3.05, 3.63) is 29.8 Å². The van der Waals surface area contributed by atoms with Gasteiger partial charge in [0, 0.05) is 12.8 Å². The Hall–Kier alpha value is -0.520. The van der Waals surface area contributed by atoms with E-state index in [0.29, 0.717) is 4.90 Å². The van der Waals surface area contributed by atoms with Crippen molar-refractivity contribution in [2.75, 3.05) is 12.8 Å². The van der Waals surface area contributed by atoms with Gasteiger partial charge in [-0.3, -0.25) is 0 Å². The lowest BCUT2D eigenvalue weighted by Crippen LogP contribution is -2.20. The lowest BCUT2D eigenvalue weighted by Gasteiger charge is -2.15. The highest BCUT2D eigenvalue weighted by Gasteiger charge is 2.20. The lowest BCUT2D eigenvalue weighted by atomic mass is 10.2. The third-order valence-electron chi connectivity index (χ3n) is 2.43. The summed E-state index contributed by atoms with van der Waals surface area (Å²) < 4.78 is 25.6. The molecule has 0 saturated carbocycles. The summed E-state index contributed by atoms with van der Waals surface area (Å²) in [4.78, 5) is 0.356. The molecule has 3 nitrogen and oxygen atoms in total. The van der Waals surface area contributed by atoms with E-state index in [1.807, 2.05) is 19.1 Å². The molecule has 17 heavy (non-hydrogen) atoms. The van der Waals surface area contributed by atoms with Crippen molar-refractivity contribution >= 4 is 22.0 Å². The van der Waals surface area contributed by atoms with Crippen molar-refractivity contribution in [2.45, 2.75) is 31.6 Å². The van der Waals surface area contributed by atoms with E-state index in [4.69, 9.17) is 0 Å². The highest BCUT2D eigenvalue weighted by atomic mass is 32.3. The fourth-order valence-electron chi connectivity index (χ4n) is 1.27. The number of aryl methyl sites for hydroxylation is 1. The molecule has 0 aliphatic heterocycles. The maximum atomic E-state index is 12.1. The van der Waals surface area contributed by atoms with Crippen molar-refractivity contribution in [1.29, 1.82) is 0 Å². The Bertz CT molecular complexity index is 440. The van der Waals surface area contributed by atoms with Crippen LogP contribution in [0.5, 0.6) is 0 Å². The van der Waals surface area contributed by atoms with Gasteiger partial charge in [0.25, 0.3) is 10.0 Å². The zero-order valence-corrected chi connectivity index (χ0v) is 12.1. The van der Waals surface area contributed by atoms with Crippen LogP contribution in [0.25, 0.3) is 0 Å². The van der Waals surface area contributed by atoms with Crippen LogP contribution in [0.2, 0.25) is 0 Å². The van der Waals surface area contributed by atoms with Gasteiger partial charge in [0.2, 0.25) is 0 Å². The van der Waals surface area contributed by atoms with Gasteiger partial charge < -0.3 is 0 Å². The molecule has 0 saturated heterocycles. The zero-order valence-electron chi connectivity index (χ0n) is 10.5. The number of hydrogen-bond acceptors (Lipinski definition) is 3. The van der Waals surface area contributed by atoms with E-state index in [1.165, 1.54) is 15.7 Å². The van der Waals surface area contributed by atoms with Crippen LogP contribution < -0.4 is 0 Å². The number of benzene rings is 1. The van der Waals surface area contributed by atoms with Crippen LogP contribution >= 0.6 is 11.9 Å². The van der Waals surface area contributed by atoms with Crippen LogP contribution in [-0.2, 0) is 10.0 Å². The smallest absolute Gasteiger partial charge is 0.206 e. The van der Waals surface area contributed by atoms with Gasteiger partial charge in [0.15, 0.2) is 0 Å². The zero-order chi connectivity index (χ0) is 12.9. The molecular weight excluding hydrogens is 254 g/mol. The molecule has 1 aromatic rings. The van der Waals surface area contributed by atoms with Crippen LogP contribution in [0.3, 0.4) is 0 Å². The summed E-state index contributed by atoms with van der Waals surface area (Å²) in [5.41, 5.74) is 1.06. The Morgan fingerprint density at radius 2 is 1.82 bits per heavy atom.